The highest BCUT2D eigenvalue weighted by atomic mass is 19.1. The molecule has 14 heavy (non-hydrogen) atoms. The van der Waals surface area contributed by atoms with E-state index in [0.717, 1.165) is 17.6 Å². The van der Waals surface area contributed by atoms with Gasteiger partial charge in [0.2, 0.25) is 0 Å². The molecule has 1 aromatic rings. The van der Waals surface area contributed by atoms with E-state index in [1.165, 1.54) is 6.07 Å². The van der Waals surface area contributed by atoms with E-state index < -0.39 is 0 Å². The summed E-state index contributed by atoms with van der Waals surface area (Å²) in [5, 5.41) is 0. The van der Waals surface area contributed by atoms with Crippen molar-refractivity contribution in [3.05, 3.63) is 41.2 Å². The van der Waals surface area contributed by atoms with E-state index in [9.17, 15) is 9.18 Å². The number of benzene rings is 1. The molecule has 0 aliphatic heterocycles. The van der Waals surface area contributed by atoms with Gasteiger partial charge in [0.25, 0.3) is 0 Å². The Hall–Kier alpha value is -1.44. The third-order valence-corrected chi connectivity index (χ3v) is 2.52. The minimum Gasteiger partial charge on any atom is -0.295 e. The van der Waals surface area contributed by atoms with Gasteiger partial charge in [-0.2, -0.15) is 0 Å². The lowest BCUT2D eigenvalue weighted by molar-refractivity contribution is -0.114. The third-order valence-electron chi connectivity index (χ3n) is 2.52. The molecule has 0 aromatic heterocycles. The highest BCUT2D eigenvalue weighted by molar-refractivity contribution is 6.01. The SMILES string of the molecule is Cc1ccc(C2=CC(=O)CC2)cc1F. The molecular formula is C12H11FO. The molecule has 0 unspecified atom stereocenters. The van der Waals surface area contributed by atoms with Gasteiger partial charge in [-0.1, -0.05) is 12.1 Å². The van der Waals surface area contributed by atoms with Crippen LogP contribution in [0.4, 0.5) is 4.39 Å². The van der Waals surface area contributed by atoms with E-state index in [0.29, 0.717) is 12.0 Å². The number of allylic oxidation sites excluding steroid dienone is 2. The molecule has 72 valence electrons. The van der Waals surface area contributed by atoms with E-state index in [1.807, 2.05) is 6.07 Å². The fourth-order valence-electron chi connectivity index (χ4n) is 1.62. The Labute approximate surface area is 82.3 Å². The molecule has 1 aliphatic rings. The lowest BCUT2D eigenvalue weighted by Crippen LogP contribution is -1.86. The zero-order chi connectivity index (χ0) is 10.1. The van der Waals surface area contributed by atoms with Gasteiger partial charge >= 0.3 is 0 Å². The number of carbonyl (C=O) groups excluding carboxylic acids is 1. The summed E-state index contributed by atoms with van der Waals surface area (Å²) in [5.74, 6) is -0.0660. The molecular weight excluding hydrogens is 179 g/mol. The van der Waals surface area contributed by atoms with Gasteiger partial charge < -0.3 is 0 Å². The van der Waals surface area contributed by atoms with Crippen LogP contribution in [0.1, 0.15) is 24.0 Å². The first-order valence-corrected chi connectivity index (χ1v) is 4.67. The van der Waals surface area contributed by atoms with Crippen LogP contribution in [0.25, 0.3) is 5.57 Å². The lowest BCUT2D eigenvalue weighted by Gasteiger charge is -2.02. The largest absolute Gasteiger partial charge is 0.295 e. The molecule has 0 atom stereocenters. The van der Waals surface area contributed by atoms with Crippen LogP contribution >= 0.6 is 0 Å². The van der Waals surface area contributed by atoms with Crippen molar-refractivity contribution < 1.29 is 9.18 Å². The topological polar surface area (TPSA) is 17.1 Å². The molecule has 0 fully saturated rings. The molecule has 0 radical (unpaired) electrons. The van der Waals surface area contributed by atoms with E-state index in [2.05, 4.69) is 0 Å². The highest BCUT2D eigenvalue weighted by Gasteiger charge is 2.14. The van der Waals surface area contributed by atoms with Crippen LogP contribution in [-0.4, -0.2) is 5.78 Å². The minimum absolute atomic E-state index is 0.140. The van der Waals surface area contributed by atoms with Crippen LogP contribution in [-0.2, 0) is 4.79 Å². The summed E-state index contributed by atoms with van der Waals surface area (Å²) in [5.41, 5.74) is 2.42. The number of carbonyl (C=O) groups is 1. The average molecular weight is 190 g/mol. The number of ketones is 1. The fraction of sp³-hybridized carbons (Fsp3) is 0.250. The predicted octanol–water partition coefficient (Wildman–Crippen LogP) is 2.88. The van der Waals surface area contributed by atoms with Crippen LogP contribution in [0.2, 0.25) is 0 Å². The summed E-state index contributed by atoms with van der Waals surface area (Å²) in [4.78, 5) is 11.0. The molecule has 0 N–H and O–H groups in total. The Balaban J connectivity index is 2.38. The third kappa shape index (κ3) is 1.60. The first-order valence-electron chi connectivity index (χ1n) is 4.67. The Kier molecular flexibility index (Phi) is 2.20. The molecule has 2 rings (SSSR count). The second-order valence-corrected chi connectivity index (χ2v) is 3.60. The molecule has 2 heteroatoms. The Morgan fingerprint density at radius 1 is 1.29 bits per heavy atom. The van der Waals surface area contributed by atoms with E-state index in [1.54, 1.807) is 19.1 Å². The first-order chi connectivity index (χ1) is 6.66. The van der Waals surface area contributed by atoms with Crippen molar-refractivity contribution in [1.82, 2.24) is 0 Å². The van der Waals surface area contributed by atoms with Crippen LogP contribution in [0, 0.1) is 12.7 Å². The second-order valence-electron chi connectivity index (χ2n) is 3.60. The Morgan fingerprint density at radius 3 is 2.64 bits per heavy atom. The van der Waals surface area contributed by atoms with E-state index in [4.69, 9.17) is 0 Å². The number of rotatable bonds is 1. The Bertz CT molecular complexity index is 418. The van der Waals surface area contributed by atoms with Crippen LogP contribution in [0.3, 0.4) is 0 Å². The molecule has 0 bridgehead atoms. The van der Waals surface area contributed by atoms with Gasteiger partial charge in [-0.05, 0) is 42.2 Å². The Morgan fingerprint density at radius 2 is 2.07 bits per heavy atom. The van der Waals surface area contributed by atoms with Crippen LogP contribution in [0.15, 0.2) is 24.3 Å². The maximum atomic E-state index is 13.2. The van der Waals surface area contributed by atoms with Gasteiger partial charge in [-0.3, -0.25) is 4.79 Å². The number of hydrogen-bond donors (Lipinski definition) is 0. The quantitative estimate of drug-likeness (QED) is 0.665. The standard InChI is InChI=1S/C12H11FO/c1-8-2-3-10(7-12(8)13)9-4-5-11(14)6-9/h2-3,6-7H,4-5H2,1H3. The number of aryl methyl sites for hydroxylation is 1. The number of hydrogen-bond acceptors (Lipinski definition) is 1. The van der Waals surface area contributed by atoms with E-state index >= 15 is 0 Å². The smallest absolute Gasteiger partial charge is 0.156 e. The van der Waals surface area contributed by atoms with Gasteiger partial charge in [0.15, 0.2) is 5.78 Å². The molecule has 1 aromatic carbocycles. The van der Waals surface area contributed by atoms with Gasteiger partial charge in [0, 0.05) is 6.42 Å². The van der Waals surface area contributed by atoms with Crippen molar-refractivity contribution in [2.75, 3.05) is 0 Å². The highest BCUT2D eigenvalue weighted by Crippen LogP contribution is 2.26. The summed E-state index contributed by atoms with van der Waals surface area (Å²) in [6, 6.07) is 5.11. The predicted molar refractivity (Wildman–Crippen MR) is 53.4 cm³/mol. The summed E-state index contributed by atoms with van der Waals surface area (Å²) in [6.07, 6.45) is 2.91. The summed E-state index contributed by atoms with van der Waals surface area (Å²) >= 11 is 0. The van der Waals surface area contributed by atoms with Crippen molar-refractivity contribution in [3.8, 4) is 0 Å². The van der Waals surface area contributed by atoms with Crippen molar-refractivity contribution in [2.45, 2.75) is 19.8 Å². The maximum Gasteiger partial charge on any atom is 0.156 e. The fourth-order valence-corrected chi connectivity index (χ4v) is 1.62. The van der Waals surface area contributed by atoms with Crippen molar-refractivity contribution >= 4 is 11.4 Å². The first kappa shape index (κ1) is 9.13. The van der Waals surface area contributed by atoms with Crippen molar-refractivity contribution in [3.63, 3.8) is 0 Å². The molecule has 0 heterocycles. The molecule has 1 nitrogen and oxygen atoms in total. The van der Waals surface area contributed by atoms with Gasteiger partial charge in [-0.25, -0.2) is 4.39 Å². The van der Waals surface area contributed by atoms with Gasteiger partial charge in [-0.15, -0.1) is 0 Å². The normalized spacial score (nSPS) is 15.9. The molecule has 0 saturated heterocycles. The minimum atomic E-state index is -0.206. The molecule has 0 spiro atoms. The van der Waals surface area contributed by atoms with Crippen LogP contribution < -0.4 is 0 Å². The second kappa shape index (κ2) is 3.37. The maximum absolute atomic E-state index is 13.2. The van der Waals surface area contributed by atoms with Crippen LogP contribution in [0.5, 0.6) is 0 Å². The molecule has 0 amide bonds. The molecule has 1 aliphatic carbocycles. The summed E-state index contributed by atoms with van der Waals surface area (Å²) in [7, 11) is 0. The van der Waals surface area contributed by atoms with Crippen molar-refractivity contribution in [1.29, 1.82) is 0 Å². The number of halogens is 1. The zero-order valence-electron chi connectivity index (χ0n) is 8.01. The van der Waals surface area contributed by atoms with Gasteiger partial charge in [0.1, 0.15) is 5.82 Å². The summed E-state index contributed by atoms with van der Waals surface area (Å²) in [6.45, 7) is 1.73. The van der Waals surface area contributed by atoms with Gasteiger partial charge in [0.05, 0.1) is 0 Å². The molecule has 0 saturated carbocycles. The lowest BCUT2D eigenvalue weighted by atomic mass is 10.0. The summed E-state index contributed by atoms with van der Waals surface area (Å²) < 4.78 is 13.2. The van der Waals surface area contributed by atoms with E-state index in [-0.39, 0.29) is 11.6 Å². The monoisotopic (exact) mass is 190 g/mol. The zero-order valence-corrected chi connectivity index (χ0v) is 8.01. The average Bonchev–Trinajstić information content (AvgIpc) is 2.57. The van der Waals surface area contributed by atoms with Crippen molar-refractivity contribution in [2.24, 2.45) is 0 Å².